The number of aryl methyl sites for hydroxylation is 4. The smallest absolute Gasteiger partial charge is 0.137 e. The Morgan fingerprint density at radius 3 is 1.04 bits per heavy atom. The largest absolute Gasteiger partial charge is 0.294 e. The van der Waals surface area contributed by atoms with Gasteiger partial charge in [-0.25, -0.2) is 9.97 Å². The Bertz CT molecular complexity index is 3480. The quantitative estimate of drug-likeness (QED) is 0.142. The van der Waals surface area contributed by atoms with Gasteiger partial charge in [0.05, 0.1) is 11.4 Å². The van der Waals surface area contributed by atoms with Crippen molar-refractivity contribution in [1.82, 2.24) is 9.97 Å². The normalized spacial score (nSPS) is 11.5. The SMILES string of the molecule is Cc1cc(C)c(C)c(N(c2ccc3c(-c4ccc5ccccc5c4)c4cc(N(c5ccccn5)c5c(C)c(C)cc(C)c5C)ccc4c(-c4ccc5ccccc5c4)c3c2)c2ccccn2)c1C. The van der Waals surface area contributed by atoms with Crippen molar-refractivity contribution < 1.29 is 0 Å². The average molecular weight is 879 g/mol. The Labute approximate surface area is 399 Å². The van der Waals surface area contributed by atoms with E-state index in [1.807, 2.05) is 24.5 Å². The fourth-order valence-corrected chi connectivity index (χ4v) is 10.6. The molecule has 330 valence electrons. The molecule has 0 bridgehead atoms. The summed E-state index contributed by atoms with van der Waals surface area (Å²) in [6, 6.07) is 62.5. The van der Waals surface area contributed by atoms with E-state index in [-0.39, 0.29) is 0 Å². The number of benzene rings is 9. The van der Waals surface area contributed by atoms with Gasteiger partial charge in [0.1, 0.15) is 11.6 Å². The van der Waals surface area contributed by atoms with Crippen LogP contribution in [0.4, 0.5) is 34.4 Å². The molecule has 0 spiro atoms. The molecular weight excluding hydrogens is 825 g/mol. The molecule has 0 aliphatic heterocycles. The van der Waals surface area contributed by atoms with Gasteiger partial charge in [0.25, 0.3) is 0 Å². The number of pyridine rings is 2. The molecule has 0 N–H and O–H groups in total. The van der Waals surface area contributed by atoms with Crippen molar-refractivity contribution in [3.05, 3.63) is 227 Å². The monoisotopic (exact) mass is 878 g/mol. The lowest BCUT2D eigenvalue weighted by molar-refractivity contribution is 1.13. The minimum Gasteiger partial charge on any atom is -0.294 e. The second-order valence-electron chi connectivity index (χ2n) is 18.6. The summed E-state index contributed by atoms with van der Waals surface area (Å²) >= 11 is 0. The van der Waals surface area contributed by atoms with Crippen molar-refractivity contribution >= 4 is 77.5 Å². The molecule has 0 unspecified atom stereocenters. The predicted octanol–water partition coefficient (Wildman–Crippen LogP) is 17.8. The first-order chi connectivity index (χ1) is 33.0. The minimum absolute atomic E-state index is 0.877. The van der Waals surface area contributed by atoms with Crippen LogP contribution in [0.3, 0.4) is 0 Å². The van der Waals surface area contributed by atoms with E-state index in [0.717, 1.165) is 23.0 Å². The van der Waals surface area contributed by atoms with Crippen LogP contribution in [0.15, 0.2) is 182 Å². The van der Waals surface area contributed by atoms with Gasteiger partial charge in [0.15, 0.2) is 0 Å². The van der Waals surface area contributed by atoms with Crippen LogP contribution in [0.1, 0.15) is 44.5 Å². The van der Waals surface area contributed by atoms with Crippen LogP contribution in [0, 0.1) is 55.4 Å². The van der Waals surface area contributed by atoms with Crippen LogP contribution in [0.2, 0.25) is 0 Å². The first kappa shape index (κ1) is 42.5. The van der Waals surface area contributed by atoms with Crippen LogP contribution in [-0.2, 0) is 0 Å². The second-order valence-corrected chi connectivity index (χ2v) is 18.6. The minimum atomic E-state index is 0.877. The Balaban J connectivity index is 1.29. The Morgan fingerprint density at radius 1 is 0.309 bits per heavy atom. The van der Waals surface area contributed by atoms with Crippen molar-refractivity contribution in [2.75, 3.05) is 9.80 Å². The van der Waals surface area contributed by atoms with E-state index in [9.17, 15) is 0 Å². The lowest BCUT2D eigenvalue weighted by Crippen LogP contribution is -2.15. The second kappa shape index (κ2) is 17.0. The van der Waals surface area contributed by atoms with Crippen molar-refractivity contribution in [3.63, 3.8) is 0 Å². The van der Waals surface area contributed by atoms with Gasteiger partial charge in [0, 0.05) is 23.8 Å². The van der Waals surface area contributed by atoms with Crippen LogP contribution in [0.5, 0.6) is 0 Å². The molecule has 0 aliphatic rings. The molecule has 0 saturated heterocycles. The first-order valence-electron chi connectivity index (χ1n) is 23.6. The number of rotatable bonds is 8. The maximum Gasteiger partial charge on any atom is 0.137 e. The highest BCUT2D eigenvalue weighted by atomic mass is 15.2. The van der Waals surface area contributed by atoms with Gasteiger partial charge in [-0.05, 0) is 226 Å². The van der Waals surface area contributed by atoms with Gasteiger partial charge >= 0.3 is 0 Å². The molecule has 0 fully saturated rings. The van der Waals surface area contributed by atoms with Crippen molar-refractivity contribution in [1.29, 1.82) is 0 Å². The zero-order chi connectivity index (χ0) is 46.8. The Morgan fingerprint density at radius 2 is 0.676 bits per heavy atom. The summed E-state index contributed by atoms with van der Waals surface area (Å²) < 4.78 is 0. The summed E-state index contributed by atoms with van der Waals surface area (Å²) in [6.07, 6.45) is 3.80. The van der Waals surface area contributed by atoms with E-state index in [1.165, 1.54) is 121 Å². The van der Waals surface area contributed by atoms with Gasteiger partial charge in [0.2, 0.25) is 0 Å². The van der Waals surface area contributed by atoms with Crippen LogP contribution in [-0.4, -0.2) is 9.97 Å². The van der Waals surface area contributed by atoms with E-state index in [1.54, 1.807) is 0 Å². The van der Waals surface area contributed by atoms with E-state index in [0.29, 0.717) is 0 Å². The maximum atomic E-state index is 5.03. The van der Waals surface area contributed by atoms with E-state index in [2.05, 4.69) is 223 Å². The zero-order valence-corrected chi connectivity index (χ0v) is 40.1. The highest BCUT2D eigenvalue weighted by Gasteiger charge is 2.26. The van der Waals surface area contributed by atoms with Gasteiger partial charge < -0.3 is 0 Å². The summed E-state index contributed by atoms with van der Waals surface area (Å²) in [5.41, 5.74) is 19.1. The maximum absolute atomic E-state index is 5.03. The molecule has 11 aromatic rings. The summed E-state index contributed by atoms with van der Waals surface area (Å²) in [6.45, 7) is 17.8. The Hall–Kier alpha value is -8.08. The Kier molecular flexibility index (Phi) is 10.6. The number of aromatic nitrogens is 2. The van der Waals surface area contributed by atoms with Gasteiger partial charge in [-0.2, -0.15) is 0 Å². The van der Waals surface area contributed by atoms with Crippen LogP contribution in [0.25, 0.3) is 65.3 Å². The number of anilines is 6. The lowest BCUT2D eigenvalue weighted by atomic mass is 9.84. The summed E-state index contributed by atoms with van der Waals surface area (Å²) in [5, 5.41) is 9.53. The molecule has 0 atom stereocenters. The number of fused-ring (bicyclic) bond motifs is 4. The van der Waals surface area contributed by atoms with Gasteiger partial charge in [-0.3, -0.25) is 9.80 Å². The highest BCUT2D eigenvalue weighted by Crippen LogP contribution is 2.50. The fraction of sp³-hybridized carbons (Fsp3) is 0.125. The number of hydrogen-bond acceptors (Lipinski definition) is 4. The molecule has 11 rings (SSSR count). The molecule has 0 saturated carbocycles. The predicted molar refractivity (Wildman–Crippen MR) is 290 cm³/mol. The molecule has 0 amide bonds. The average Bonchev–Trinajstić information content (AvgIpc) is 3.37. The lowest BCUT2D eigenvalue weighted by Gasteiger charge is -2.31. The van der Waals surface area contributed by atoms with E-state index >= 15 is 0 Å². The summed E-state index contributed by atoms with van der Waals surface area (Å²) in [5.74, 6) is 1.75. The molecule has 0 radical (unpaired) electrons. The number of hydrogen-bond donors (Lipinski definition) is 0. The van der Waals surface area contributed by atoms with Crippen molar-refractivity contribution in [3.8, 4) is 22.3 Å². The molecule has 4 heteroatoms. The van der Waals surface area contributed by atoms with Crippen LogP contribution >= 0.6 is 0 Å². The molecule has 4 nitrogen and oxygen atoms in total. The first-order valence-corrected chi connectivity index (χ1v) is 23.6. The molecule has 68 heavy (non-hydrogen) atoms. The molecule has 2 aromatic heterocycles. The zero-order valence-electron chi connectivity index (χ0n) is 40.1. The van der Waals surface area contributed by atoms with Gasteiger partial charge in [-0.15, -0.1) is 0 Å². The fourth-order valence-electron chi connectivity index (χ4n) is 10.6. The topological polar surface area (TPSA) is 32.3 Å². The molecular formula is C64H54N4. The number of nitrogens with zero attached hydrogens (tertiary/aromatic N) is 4. The van der Waals surface area contributed by atoms with Crippen molar-refractivity contribution in [2.45, 2.75) is 55.4 Å². The molecule has 2 heterocycles. The third-order valence-electron chi connectivity index (χ3n) is 14.5. The molecule has 9 aromatic carbocycles. The summed E-state index contributed by atoms with van der Waals surface area (Å²) in [4.78, 5) is 14.8. The standard InChI is InChI=1S/C64H54N4/c1-39-33-40(2)44(6)63(43(39)5)67(59-21-13-15-31-65-59)53-27-29-55-57(37-53)61(51-25-23-47-17-9-11-19-49(47)35-51)56-30-28-54(38-58(56)62(55)52-26-24-48-18-10-12-20-50(48)36-52)68(60-22-14-16-32-66-60)64-45(7)41(3)34-42(4)46(64)8/h9-38H,1-8H3. The third-order valence-corrected chi connectivity index (χ3v) is 14.5. The van der Waals surface area contributed by atoms with E-state index < -0.39 is 0 Å². The summed E-state index contributed by atoms with van der Waals surface area (Å²) in [7, 11) is 0. The van der Waals surface area contributed by atoms with E-state index in [4.69, 9.17) is 9.97 Å². The van der Waals surface area contributed by atoms with Crippen molar-refractivity contribution in [2.24, 2.45) is 0 Å². The van der Waals surface area contributed by atoms with Gasteiger partial charge in [-0.1, -0.05) is 109 Å². The molecule has 0 aliphatic carbocycles. The van der Waals surface area contributed by atoms with Crippen LogP contribution < -0.4 is 9.80 Å². The highest BCUT2D eigenvalue weighted by molar-refractivity contribution is 6.23. The third kappa shape index (κ3) is 7.16.